The molecule has 0 saturated carbocycles. The summed E-state index contributed by atoms with van der Waals surface area (Å²) in [5, 5.41) is 0.219. The van der Waals surface area contributed by atoms with Crippen molar-refractivity contribution in [2.45, 2.75) is 6.18 Å². The molecular formula is C14H10ClF3O. The summed E-state index contributed by atoms with van der Waals surface area (Å²) >= 11 is 6.02. The van der Waals surface area contributed by atoms with E-state index in [1.165, 1.54) is 31.4 Å². The van der Waals surface area contributed by atoms with E-state index in [9.17, 15) is 13.2 Å². The molecule has 0 aliphatic heterocycles. The largest absolute Gasteiger partial charge is 0.497 e. The van der Waals surface area contributed by atoms with Crippen molar-refractivity contribution < 1.29 is 17.9 Å². The van der Waals surface area contributed by atoms with Crippen LogP contribution in [0.4, 0.5) is 13.2 Å². The molecule has 2 aromatic rings. The second kappa shape index (κ2) is 5.13. The third kappa shape index (κ3) is 2.84. The van der Waals surface area contributed by atoms with Crippen LogP contribution in [0.25, 0.3) is 11.1 Å². The first-order valence-electron chi connectivity index (χ1n) is 5.43. The van der Waals surface area contributed by atoms with Gasteiger partial charge in [0.15, 0.2) is 0 Å². The van der Waals surface area contributed by atoms with Crippen LogP contribution in [0, 0.1) is 0 Å². The fourth-order valence-corrected chi connectivity index (χ4v) is 2.08. The van der Waals surface area contributed by atoms with Crippen LogP contribution >= 0.6 is 11.6 Å². The van der Waals surface area contributed by atoms with Gasteiger partial charge >= 0.3 is 6.18 Å². The van der Waals surface area contributed by atoms with Crippen molar-refractivity contribution in [3.8, 4) is 16.9 Å². The van der Waals surface area contributed by atoms with Gasteiger partial charge in [-0.1, -0.05) is 29.8 Å². The molecule has 0 aromatic heterocycles. The number of benzene rings is 2. The first-order chi connectivity index (χ1) is 8.93. The summed E-state index contributed by atoms with van der Waals surface area (Å²) in [6, 6.07) is 9.92. The van der Waals surface area contributed by atoms with Gasteiger partial charge in [-0.3, -0.25) is 0 Å². The summed E-state index contributed by atoms with van der Waals surface area (Å²) in [6.07, 6.45) is -4.42. The summed E-state index contributed by atoms with van der Waals surface area (Å²) in [4.78, 5) is 0. The predicted molar refractivity (Wildman–Crippen MR) is 68.4 cm³/mol. The topological polar surface area (TPSA) is 9.23 Å². The van der Waals surface area contributed by atoms with Crippen LogP contribution in [0.15, 0.2) is 42.5 Å². The Morgan fingerprint density at radius 2 is 1.68 bits per heavy atom. The Kier molecular flexibility index (Phi) is 3.71. The SMILES string of the molecule is COc1ccc(-c2ccccc2C(F)(F)F)c(Cl)c1. The minimum atomic E-state index is -4.42. The van der Waals surface area contributed by atoms with Gasteiger partial charge in [0.05, 0.1) is 17.7 Å². The van der Waals surface area contributed by atoms with Gasteiger partial charge in [0.1, 0.15) is 5.75 Å². The van der Waals surface area contributed by atoms with Crippen LogP contribution in [-0.2, 0) is 6.18 Å². The molecule has 0 spiro atoms. The predicted octanol–water partition coefficient (Wildman–Crippen LogP) is 5.03. The number of hydrogen-bond donors (Lipinski definition) is 0. The maximum Gasteiger partial charge on any atom is 0.417 e. The lowest BCUT2D eigenvalue weighted by molar-refractivity contribution is -0.137. The number of halogens is 4. The molecule has 0 radical (unpaired) electrons. The lowest BCUT2D eigenvalue weighted by Crippen LogP contribution is -2.06. The van der Waals surface area contributed by atoms with E-state index in [1.807, 2.05) is 0 Å². The second-order valence-corrected chi connectivity index (χ2v) is 4.30. The molecule has 2 aromatic carbocycles. The fraction of sp³-hybridized carbons (Fsp3) is 0.143. The molecule has 0 unspecified atom stereocenters. The minimum Gasteiger partial charge on any atom is -0.497 e. The van der Waals surface area contributed by atoms with Crippen LogP contribution in [0.3, 0.4) is 0 Å². The van der Waals surface area contributed by atoms with E-state index in [2.05, 4.69) is 0 Å². The number of hydrogen-bond acceptors (Lipinski definition) is 1. The Labute approximate surface area is 113 Å². The highest BCUT2D eigenvalue weighted by atomic mass is 35.5. The molecule has 2 rings (SSSR count). The van der Waals surface area contributed by atoms with Crippen molar-refractivity contribution in [3.63, 3.8) is 0 Å². The Bertz CT molecular complexity index is 593. The smallest absolute Gasteiger partial charge is 0.417 e. The number of methoxy groups -OCH3 is 1. The molecule has 0 aliphatic carbocycles. The Morgan fingerprint density at radius 1 is 1.00 bits per heavy atom. The summed E-state index contributed by atoms with van der Waals surface area (Å²) in [5.41, 5.74) is -0.319. The molecule has 1 nitrogen and oxygen atoms in total. The third-order valence-electron chi connectivity index (χ3n) is 2.70. The van der Waals surface area contributed by atoms with Crippen LogP contribution in [0.1, 0.15) is 5.56 Å². The fourth-order valence-electron chi connectivity index (χ4n) is 1.81. The van der Waals surface area contributed by atoms with Crippen molar-refractivity contribution in [1.82, 2.24) is 0 Å². The van der Waals surface area contributed by atoms with Gasteiger partial charge in [-0.2, -0.15) is 13.2 Å². The van der Waals surface area contributed by atoms with Crippen LogP contribution < -0.4 is 4.74 Å². The van der Waals surface area contributed by atoms with Gasteiger partial charge in [-0.05, 0) is 29.8 Å². The maximum absolute atomic E-state index is 12.9. The normalized spacial score (nSPS) is 11.4. The van der Waals surface area contributed by atoms with Crippen molar-refractivity contribution in [2.75, 3.05) is 7.11 Å². The van der Waals surface area contributed by atoms with E-state index in [0.717, 1.165) is 6.07 Å². The van der Waals surface area contributed by atoms with E-state index >= 15 is 0 Å². The van der Waals surface area contributed by atoms with E-state index in [4.69, 9.17) is 16.3 Å². The highest BCUT2D eigenvalue weighted by molar-refractivity contribution is 6.33. The van der Waals surface area contributed by atoms with Gasteiger partial charge in [0, 0.05) is 5.56 Å². The zero-order valence-electron chi connectivity index (χ0n) is 9.96. The van der Waals surface area contributed by atoms with Crippen LogP contribution in [0.5, 0.6) is 5.75 Å². The number of ether oxygens (including phenoxy) is 1. The lowest BCUT2D eigenvalue weighted by atomic mass is 9.99. The van der Waals surface area contributed by atoms with Crippen LogP contribution in [-0.4, -0.2) is 7.11 Å². The van der Waals surface area contributed by atoms with Crippen molar-refractivity contribution in [3.05, 3.63) is 53.1 Å². The molecule has 0 bridgehead atoms. The van der Waals surface area contributed by atoms with Gasteiger partial charge in [0.2, 0.25) is 0 Å². The first-order valence-corrected chi connectivity index (χ1v) is 5.81. The summed E-state index contributed by atoms with van der Waals surface area (Å²) < 4.78 is 43.8. The molecule has 100 valence electrons. The molecule has 5 heteroatoms. The zero-order valence-corrected chi connectivity index (χ0v) is 10.7. The molecular weight excluding hydrogens is 277 g/mol. The second-order valence-electron chi connectivity index (χ2n) is 3.89. The van der Waals surface area contributed by atoms with E-state index in [-0.39, 0.29) is 10.6 Å². The third-order valence-corrected chi connectivity index (χ3v) is 3.01. The maximum atomic E-state index is 12.9. The summed E-state index contributed by atoms with van der Waals surface area (Å²) in [5.74, 6) is 0.498. The van der Waals surface area contributed by atoms with Gasteiger partial charge in [-0.25, -0.2) is 0 Å². The monoisotopic (exact) mass is 286 g/mol. The van der Waals surface area contributed by atoms with Gasteiger partial charge < -0.3 is 4.74 Å². The molecule has 0 heterocycles. The summed E-state index contributed by atoms with van der Waals surface area (Å²) in [6.45, 7) is 0. The van der Waals surface area contributed by atoms with Crippen LogP contribution in [0.2, 0.25) is 5.02 Å². The first kappa shape index (κ1) is 13.7. The van der Waals surface area contributed by atoms with Gasteiger partial charge in [0.25, 0.3) is 0 Å². The number of alkyl halides is 3. The minimum absolute atomic E-state index is 0.0580. The van der Waals surface area contributed by atoms with Gasteiger partial charge in [-0.15, -0.1) is 0 Å². The molecule has 0 saturated heterocycles. The highest BCUT2D eigenvalue weighted by Gasteiger charge is 2.33. The number of rotatable bonds is 2. The Hall–Kier alpha value is -1.68. The Balaban J connectivity index is 2.60. The molecule has 0 amide bonds. The average Bonchev–Trinajstić information content (AvgIpc) is 2.37. The average molecular weight is 287 g/mol. The van der Waals surface area contributed by atoms with E-state index in [1.54, 1.807) is 12.1 Å². The molecule has 0 aliphatic rings. The van der Waals surface area contributed by atoms with Crippen molar-refractivity contribution in [2.24, 2.45) is 0 Å². The highest BCUT2D eigenvalue weighted by Crippen LogP contribution is 2.40. The molecule has 0 atom stereocenters. The molecule has 0 N–H and O–H groups in total. The van der Waals surface area contributed by atoms with E-state index in [0.29, 0.717) is 11.3 Å². The quantitative estimate of drug-likeness (QED) is 0.752. The zero-order chi connectivity index (χ0) is 14.0. The molecule has 0 fully saturated rings. The van der Waals surface area contributed by atoms with E-state index < -0.39 is 11.7 Å². The lowest BCUT2D eigenvalue weighted by Gasteiger charge is -2.14. The standard InChI is InChI=1S/C14H10ClF3O/c1-19-9-6-7-11(13(15)8-9)10-4-2-3-5-12(10)14(16,17)18/h2-8H,1H3. The van der Waals surface area contributed by atoms with Crippen molar-refractivity contribution >= 4 is 11.6 Å². The Morgan fingerprint density at radius 3 is 2.26 bits per heavy atom. The summed E-state index contributed by atoms with van der Waals surface area (Å²) in [7, 11) is 1.47. The van der Waals surface area contributed by atoms with Crippen molar-refractivity contribution in [1.29, 1.82) is 0 Å². The molecule has 19 heavy (non-hydrogen) atoms.